The molecular formula is C19H22FN5O4S. The number of aryl methyl sites for hydroxylation is 1. The first-order valence-electron chi connectivity index (χ1n) is 9.33. The summed E-state index contributed by atoms with van der Waals surface area (Å²) in [6, 6.07) is 5.22. The molecule has 0 spiro atoms. The zero-order valence-corrected chi connectivity index (χ0v) is 17.2. The summed E-state index contributed by atoms with van der Waals surface area (Å²) in [7, 11) is 1.27. The van der Waals surface area contributed by atoms with E-state index in [4.69, 9.17) is 9.84 Å². The van der Waals surface area contributed by atoms with Crippen LogP contribution in [-0.4, -0.2) is 67.6 Å². The van der Waals surface area contributed by atoms with Crippen LogP contribution in [0.25, 0.3) is 6.08 Å². The van der Waals surface area contributed by atoms with Crippen LogP contribution in [0.4, 0.5) is 4.39 Å². The third-order valence-corrected chi connectivity index (χ3v) is 5.49. The fourth-order valence-electron chi connectivity index (χ4n) is 3.38. The van der Waals surface area contributed by atoms with Crippen LogP contribution in [0.5, 0.6) is 0 Å². The molecule has 2 aromatic rings. The fourth-order valence-corrected chi connectivity index (χ4v) is 3.65. The smallest absolute Gasteiger partial charge is 0.327 e. The van der Waals surface area contributed by atoms with Gasteiger partial charge in [0.25, 0.3) is 0 Å². The highest BCUT2D eigenvalue weighted by Gasteiger charge is 2.34. The number of ether oxygens (including phenoxy) is 1. The van der Waals surface area contributed by atoms with Gasteiger partial charge in [-0.2, -0.15) is 12.6 Å². The van der Waals surface area contributed by atoms with Crippen LogP contribution < -0.4 is 0 Å². The lowest BCUT2D eigenvalue weighted by Crippen LogP contribution is -2.42. The van der Waals surface area contributed by atoms with Crippen molar-refractivity contribution in [2.45, 2.75) is 30.7 Å². The lowest BCUT2D eigenvalue weighted by Gasteiger charge is -2.36. The maximum atomic E-state index is 14.4. The molecule has 160 valence electrons. The van der Waals surface area contributed by atoms with E-state index < -0.39 is 23.8 Å². The van der Waals surface area contributed by atoms with Crippen molar-refractivity contribution in [1.82, 2.24) is 25.1 Å². The zero-order chi connectivity index (χ0) is 21.7. The second kappa shape index (κ2) is 9.81. The summed E-state index contributed by atoms with van der Waals surface area (Å²) in [5.41, 5.74) is 1.08. The molecule has 0 saturated carbocycles. The molecule has 1 aromatic carbocycles. The first-order valence-corrected chi connectivity index (χ1v) is 9.85. The number of likely N-dealkylation sites (tertiary alicyclic amines) is 1. The zero-order valence-electron chi connectivity index (χ0n) is 16.3. The number of halogens is 1. The Hall–Kier alpha value is -2.79. The van der Waals surface area contributed by atoms with E-state index in [-0.39, 0.29) is 23.8 Å². The molecule has 9 nitrogen and oxygen atoms in total. The molecule has 0 radical (unpaired) electrons. The molecule has 1 fully saturated rings. The minimum absolute atomic E-state index is 0.107. The highest BCUT2D eigenvalue weighted by Crippen LogP contribution is 2.31. The first kappa shape index (κ1) is 21.9. The monoisotopic (exact) mass is 435 g/mol. The van der Waals surface area contributed by atoms with Gasteiger partial charge in [0.05, 0.1) is 20.1 Å². The quantitative estimate of drug-likeness (QED) is 0.498. The third-order valence-electron chi connectivity index (χ3n) is 4.90. The minimum Gasteiger partial charge on any atom is -0.481 e. The molecule has 1 N–H and O–H groups in total. The van der Waals surface area contributed by atoms with Crippen molar-refractivity contribution in [2.24, 2.45) is 0 Å². The number of methoxy groups -OCH3 is 1. The number of thiol groups is 1. The molecule has 0 bridgehead atoms. The molecule has 1 aliphatic rings. The normalized spacial score (nSPS) is 19.6. The number of benzene rings is 1. The Morgan fingerprint density at radius 1 is 1.43 bits per heavy atom. The maximum Gasteiger partial charge on any atom is 0.327 e. The minimum atomic E-state index is -0.953. The van der Waals surface area contributed by atoms with E-state index >= 15 is 0 Å². The molecule has 2 heterocycles. The van der Waals surface area contributed by atoms with Gasteiger partial charge in [-0.15, -0.1) is 5.10 Å². The van der Waals surface area contributed by atoms with E-state index in [2.05, 4.69) is 28.2 Å². The first-order chi connectivity index (χ1) is 14.4. The number of tetrazole rings is 1. The van der Waals surface area contributed by atoms with Crippen molar-refractivity contribution >= 4 is 30.6 Å². The number of hydrogen-bond acceptors (Lipinski definition) is 8. The lowest BCUT2D eigenvalue weighted by atomic mass is 9.97. The Labute approximate surface area is 177 Å². The molecular weight excluding hydrogens is 413 g/mol. The van der Waals surface area contributed by atoms with Gasteiger partial charge in [-0.3, -0.25) is 9.69 Å². The average molecular weight is 435 g/mol. The van der Waals surface area contributed by atoms with Gasteiger partial charge < -0.3 is 9.84 Å². The van der Waals surface area contributed by atoms with Crippen LogP contribution in [0.1, 0.15) is 30.3 Å². The number of esters is 1. The van der Waals surface area contributed by atoms with Crippen molar-refractivity contribution in [3.05, 3.63) is 47.0 Å². The predicted molar refractivity (Wildman–Crippen MR) is 108 cm³/mol. The van der Waals surface area contributed by atoms with E-state index in [0.717, 1.165) is 5.57 Å². The Morgan fingerprint density at radius 2 is 2.20 bits per heavy atom. The predicted octanol–water partition coefficient (Wildman–Crippen LogP) is 1.59. The molecule has 1 saturated heterocycles. The van der Waals surface area contributed by atoms with Crippen LogP contribution in [0, 0.1) is 5.82 Å². The molecule has 30 heavy (non-hydrogen) atoms. The SMILES string of the molecule is COC(=O)C(c1ccccc1F)N1CCC(S)/C(=C\c2nnnn2CCC(=O)O)C1. The van der Waals surface area contributed by atoms with E-state index in [9.17, 15) is 14.0 Å². The number of piperidine rings is 1. The Bertz CT molecular complexity index is 951. The lowest BCUT2D eigenvalue weighted by molar-refractivity contribution is -0.147. The van der Waals surface area contributed by atoms with Gasteiger partial charge in [-0.05, 0) is 34.6 Å². The Balaban J connectivity index is 1.88. The molecule has 1 aliphatic heterocycles. The molecule has 11 heteroatoms. The molecule has 3 rings (SSSR count). The topological polar surface area (TPSA) is 110 Å². The van der Waals surface area contributed by atoms with Crippen molar-refractivity contribution in [3.8, 4) is 0 Å². The molecule has 0 aliphatic carbocycles. The number of carbonyl (C=O) groups is 2. The summed E-state index contributed by atoms with van der Waals surface area (Å²) in [5.74, 6) is -1.59. The van der Waals surface area contributed by atoms with Gasteiger partial charge >= 0.3 is 11.9 Å². The summed E-state index contributed by atoms with van der Waals surface area (Å²) < 4.78 is 20.8. The average Bonchev–Trinajstić information content (AvgIpc) is 3.17. The van der Waals surface area contributed by atoms with E-state index in [1.165, 1.54) is 17.9 Å². The van der Waals surface area contributed by atoms with Gasteiger partial charge in [0, 0.05) is 23.9 Å². The third kappa shape index (κ3) is 5.03. The standard InChI is InChI=1S/C19H22FN5O4S/c1-29-19(28)18(13-4-2-3-5-14(13)20)24-8-6-15(30)12(11-24)10-16-21-22-23-25(16)9-7-17(26)27/h2-5,10,15,18,30H,6-9,11H2,1H3,(H,26,27)/b12-10-. The summed E-state index contributed by atoms with van der Waals surface area (Å²) in [6.07, 6.45) is 2.24. The van der Waals surface area contributed by atoms with Crippen molar-refractivity contribution in [1.29, 1.82) is 0 Å². The van der Waals surface area contributed by atoms with Crippen molar-refractivity contribution in [2.75, 3.05) is 20.2 Å². The van der Waals surface area contributed by atoms with Gasteiger partial charge in [0.15, 0.2) is 5.82 Å². The number of aromatic nitrogens is 4. The number of carboxylic acids is 1. The highest BCUT2D eigenvalue weighted by atomic mass is 32.1. The molecule has 2 atom stereocenters. The van der Waals surface area contributed by atoms with Gasteiger partial charge in [-0.25, -0.2) is 13.9 Å². The van der Waals surface area contributed by atoms with Crippen LogP contribution in [0.2, 0.25) is 0 Å². The number of hydrogen-bond donors (Lipinski definition) is 2. The second-order valence-electron chi connectivity index (χ2n) is 6.85. The van der Waals surface area contributed by atoms with Gasteiger partial charge in [0.1, 0.15) is 11.9 Å². The summed E-state index contributed by atoms with van der Waals surface area (Å²) in [4.78, 5) is 25.2. The van der Waals surface area contributed by atoms with E-state index in [1.54, 1.807) is 24.3 Å². The summed E-state index contributed by atoms with van der Waals surface area (Å²) >= 11 is 4.62. The maximum absolute atomic E-state index is 14.4. The van der Waals surface area contributed by atoms with Crippen LogP contribution in [-0.2, 0) is 20.9 Å². The van der Waals surface area contributed by atoms with Gasteiger partial charge in [0.2, 0.25) is 0 Å². The molecule has 0 amide bonds. The molecule has 2 unspecified atom stereocenters. The van der Waals surface area contributed by atoms with E-state index in [0.29, 0.717) is 25.3 Å². The second-order valence-corrected chi connectivity index (χ2v) is 7.47. The number of carbonyl (C=O) groups excluding carboxylic acids is 1. The van der Waals surface area contributed by atoms with Crippen molar-refractivity contribution in [3.63, 3.8) is 0 Å². The number of aliphatic carboxylic acids is 1. The highest BCUT2D eigenvalue weighted by molar-refractivity contribution is 7.81. The van der Waals surface area contributed by atoms with Crippen LogP contribution in [0.15, 0.2) is 29.8 Å². The summed E-state index contributed by atoms with van der Waals surface area (Å²) in [5, 5.41) is 20.1. The number of carboxylic acid groups (broad SMARTS) is 1. The summed E-state index contributed by atoms with van der Waals surface area (Å²) in [6.45, 7) is 0.972. The number of rotatable bonds is 7. The van der Waals surface area contributed by atoms with Crippen LogP contribution in [0.3, 0.4) is 0 Å². The van der Waals surface area contributed by atoms with Gasteiger partial charge in [-0.1, -0.05) is 18.2 Å². The number of nitrogens with zero attached hydrogens (tertiary/aromatic N) is 5. The van der Waals surface area contributed by atoms with Crippen LogP contribution >= 0.6 is 12.6 Å². The largest absolute Gasteiger partial charge is 0.481 e. The Morgan fingerprint density at radius 3 is 2.90 bits per heavy atom. The Kier molecular flexibility index (Phi) is 7.16. The molecule has 1 aromatic heterocycles. The van der Waals surface area contributed by atoms with E-state index in [1.807, 2.05) is 4.90 Å². The van der Waals surface area contributed by atoms with Crippen molar-refractivity contribution < 1.29 is 23.8 Å². The fraction of sp³-hybridized carbons (Fsp3) is 0.421.